The zero-order valence-electron chi connectivity index (χ0n) is 13.0. The smallest absolute Gasteiger partial charge is 0.248 e. The van der Waals surface area contributed by atoms with E-state index in [-0.39, 0.29) is 5.91 Å². The fourth-order valence-corrected chi connectivity index (χ4v) is 2.14. The van der Waals surface area contributed by atoms with Crippen LogP contribution in [-0.2, 0) is 4.79 Å². The number of amides is 1. The second-order valence-corrected chi connectivity index (χ2v) is 4.87. The molecule has 0 fully saturated rings. The molecule has 7 nitrogen and oxygen atoms in total. The van der Waals surface area contributed by atoms with Gasteiger partial charge in [-0.25, -0.2) is 0 Å². The van der Waals surface area contributed by atoms with Crippen LogP contribution in [-0.4, -0.2) is 33.2 Å². The minimum Gasteiger partial charge on any atom is -0.494 e. The van der Waals surface area contributed by atoms with Gasteiger partial charge in [0.05, 0.1) is 7.11 Å². The monoisotopic (exact) mass is 321 g/mol. The maximum Gasteiger partial charge on any atom is 0.248 e. The molecule has 1 heterocycles. The van der Waals surface area contributed by atoms with Crippen LogP contribution in [0, 0.1) is 0 Å². The number of hydrogen-bond donors (Lipinski definition) is 1. The fraction of sp³-hybridized carbons (Fsp3) is 0.0588. The lowest BCUT2D eigenvalue weighted by atomic mass is 10.2. The van der Waals surface area contributed by atoms with E-state index in [4.69, 9.17) is 4.74 Å². The summed E-state index contributed by atoms with van der Waals surface area (Å²) in [6, 6.07) is 14.8. The molecule has 0 aliphatic heterocycles. The Morgan fingerprint density at radius 2 is 2.04 bits per heavy atom. The van der Waals surface area contributed by atoms with E-state index >= 15 is 0 Å². The number of benzene rings is 2. The Morgan fingerprint density at radius 1 is 1.21 bits per heavy atom. The second-order valence-electron chi connectivity index (χ2n) is 4.87. The van der Waals surface area contributed by atoms with Crippen molar-refractivity contribution < 1.29 is 9.53 Å². The van der Waals surface area contributed by atoms with Gasteiger partial charge in [0.2, 0.25) is 5.91 Å². The Hall–Kier alpha value is -3.48. The summed E-state index contributed by atoms with van der Waals surface area (Å²) >= 11 is 0. The first kappa shape index (κ1) is 15.4. The summed E-state index contributed by atoms with van der Waals surface area (Å²) < 4.78 is 6.76. The predicted octanol–water partition coefficient (Wildman–Crippen LogP) is 2.32. The molecule has 24 heavy (non-hydrogen) atoms. The Morgan fingerprint density at radius 3 is 2.75 bits per heavy atom. The van der Waals surface area contributed by atoms with Gasteiger partial charge in [-0.3, -0.25) is 4.79 Å². The van der Waals surface area contributed by atoms with Crippen LogP contribution in [0.2, 0.25) is 0 Å². The number of carbonyl (C=O) groups excluding carboxylic acids is 1. The van der Waals surface area contributed by atoms with Gasteiger partial charge in [0.1, 0.15) is 17.8 Å². The molecular weight excluding hydrogens is 306 g/mol. The number of tetrazole rings is 1. The number of hydrogen-bond acceptors (Lipinski definition) is 5. The highest BCUT2D eigenvalue weighted by molar-refractivity contribution is 6.02. The normalized spacial score (nSPS) is 10.7. The van der Waals surface area contributed by atoms with E-state index in [9.17, 15) is 4.79 Å². The third-order valence-electron chi connectivity index (χ3n) is 3.27. The molecule has 3 rings (SSSR count). The molecule has 2 aromatic carbocycles. The molecule has 0 spiro atoms. The van der Waals surface area contributed by atoms with E-state index in [0.29, 0.717) is 17.1 Å². The maximum atomic E-state index is 12.1. The van der Waals surface area contributed by atoms with Crippen molar-refractivity contribution in [2.45, 2.75) is 0 Å². The Labute approximate surface area is 138 Å². The summed E-state index contributed by atoms with van der Waals surface area (Å²) in [5.74, 6) is 0.367. The molecule has 0 saturated heterocycles. The third kappa shape index (κ3) is 3.64. The van der Waals surface area contributed by atoms with Gasteiger partial charge in [-0.05, 0) is 40.3 Å². The van der Waals surface area contributed by atoms with Crippen molar-refractivity contribution in [1.82, 2.24) is 20.2 Å². The summed E-state index contributed by atoms with van der Waals surface area (Å²) in [6.45, 7) is 0. The summed E-state index contributed by atoms with van der Waals surface area (Å²) in [5, 5.41) is 13.9. The number of nitrogens with one attached hydrogen (secondary N) is 1. The first-order valence-electron chi connectivity index (χ1n) is 7.22. The van der Waals surface area contributed by atoms with E-state index in [1.54, 1.807) is 31.4 Å². The van der Waals surface area contributed by atoms with Crippen molar-refractivity contribution in [3.8, 4) is 11.4 Å². The van der Waals surface area contributed by atoms with Gasteiger partial charge in [0.15, 0.2) is 0 Å². The minimum absolute atomic E-state index is 0.230. The Balaban J connectivity index is 1.77. The maximum absolute atomic E-state index is 12.1. The lowest BCUT2D eigenvalue weighted by molar-refractivity contribution is -0.111. The van der Waals surface area contributed by atoms with Crippen LogP contribution >= 0.6 is 0 Å². The number of rotatable bonds is 5. The zero-order chi connectivity index (χ0) is 16.8. The van der Waals surface area contributed by atoms with Crippen molar-refractivity contribution in [3.63, 3.8) is 0 Å². The molecule has 120 valence electrons. The average molecular weight is 321 g/mol. The first-order valence-corrected chi connectivity index (χ1v) is 7.22. The van der Waals surface area contributed by atoms with E-state index in [2.05, 4.69) is 20.8 Å². The van der Waals surface area contributed by atoms with Gasteiger partial charge >= 0.3 is 0 Å². The first-order chi connectivity index (χ1) is 11.8. The quantitative estimate of drug-likeness (QED) is 0.729. The highest BCUT2D eigenvalue weighted by atomic mass is 16.5. The second kappa shape index (κ2) is 7.19. The summed E-state index contributed by atoms with van der Waals surface area (Å²) in [4.78, 5) is 12.1. The number of aromatic nitrogens is 4. The van der Waals surface area contributed by atoms with Gasteiger partial charge in [-0.15, -0.1) is 5.10 Å². The molecular formula is C17H15N5O2. The van der Waals surface area contributed by atoms with Crippen LogP contribution in [0.3, 0.4) is 0 Å². The lowest BCUT2D eigenvalue weighted by Crippen LogP contribution is -2.09. The number of methoxy groups -OCH3 is 1. The number of carbonyl (C=O) groups is 1. The van der Waals surface area contributed by atoms with Gasteiger partial charge in [-0.2, -0.15) is 4.68 Å². The topological polar surface area (TPSA) is 81.9 Å². The van der Waals surface area contributed by atoms with Gasteiger partial charge in [0, 0.05) is 11.8 Å². The van der Waals surface area contributed by atoms with Crippen molar-refractivity contribution in [1.29, 1.82) is 0 Å². The molecule has 7 heteroatoms. The minimum atomic E-state index is -0.230. The number of anilines is 1. The predicted molar refractivity (Wildman–Crippen MR) is 89.8 cm³/mol. The van der Waals surface area contributed by atoms with Crippen LogP contribution in [0.4, 0.5) is 5.69 Å². The van der Waals surface area contributed by atoms with Crippen LogP contribution < -0.4 is 10.1 Å². The summed E-state index contributed by atoms with van der Waals surface area (Å²) in [7, 11) is 1.56. The van der Waals surface area contributed by atoms with E-state index in [0.717, 1.165) is 5.56 Å². The molecule has 1 aromatic heterocycles. The number of ether oxygens (including phenoxy) is 1. The average Bonchev–Trinajstić information content (AvgIpc) is 3.15. The van der Waals surface area contributed by atoms with Crippen LogP contribution in [0.25, 0.3) is 11.8 Å². The van der Waals surface area contributed by atoms with Crippen LogP contribution in [0.1, 0.15) is 5.56 Å². The van der Waals surface area contributed by atoms with Gasteiger partial charge < -0.3 is 10.1 Å². The van der Waals surface area contributed by atoms with Crippen LogP contribution in [0.15, 0.2) is 60.9 Å². The molecule has 1 N–H and O–H groups in total. The highest BCUT2D eigenvalue weighted by Crippen LogP contribution is 2.25. The van der Waals surface area contributed by atoms with E-state index < -0.39 is 0 Å². The molecule has 0 bridgehead atoms. The fourth-order valence-electron chi connectivity index (χ4n) is 2.14. The Kier molecular flexibility index (Phi) is 4.62. The van der Waals surface area contributed by atoms with Crippen molar-refractivity contribution in [2.75, 3.05) is 12.4 Å². The highest BCUT2D eigenvalue weighted by Gasteiger charge is 2.09. The van der Waals surface area contributed by atoms with Gasteiger partial charge in [0.25, 0.3) is 0 Å². The molecule has 0 unspecified atom stereocenters. The number of nitrogens with zero attached hydrogens (tertiary/aromatic N) is 4. The molecule has 0 atom stereocenters. The molecule has 0 saturated carbocycles. The summed E-state index contributed by atoms with van der Waals surface area (Å²) in [6.07, 6.45) is 4.69. The van der Waals surface area contributed by atoms with E-state index in [1.807, 2.05) is 30.3 Å². The van der Waals surface area contributed by atoms with E-state index in [1.165, 1.54) is 17.1 Å². The summed E-state index contributed by atoms with van der Waals surface area (Å²) in [5.41, 5.74) is 2.20. The molecule has 3 aromatic rings. The largest absolute Gasteiger partial charge is 0.494 e. The van der Waals surface area contributed by atoms with Crippen LogP contribution in [0.5, 0.6) is 5.75 Å². The van der Waals surface area contributed by atoms with Gasteiger partial charge in [-0.1, -0.05) is 30.3 Å². The Bertz CT molecular complexity index is 845. The third-order valence-corrected chi connectivity index (χ3v) is 3.27. The molecule has 0 aliphatic rings. The van der Waals surface area contributed by atoms with Crippen molar-refractivity contribution in [3.05, 3.63) is 66.5 Å². The standard InChI is InChI=1S/C17H15N5O2/c1-24-16-9-8-14(11-15(16)22-12-18-20-21-22)19-17(23)10-7-13-5-3-2-4-6-13/h2-12H,1H3,(H,19,23). The lowest BCUT2D eigenvalue weighted by Gasteiger charge is -2.10. The molecule has 1 amide bonds. The SMILES string of the molecule is COc1ccc(NC(=O)C=Cc2ccccc2)cc1-n1cnnn1. The zero-order valence-corrected chi connectivity index (χ0v) is 13.0. The van der Waals surface area contributed by atoms with Crippen molar-refractivity contribution >= 4 is 17.7 Å². The molecule has 0 radical (unpaired) electrons. The molecule has 0 aliphatic carbocycles. The van der Waals surface area contributed by atoms with Crippen molar-refractivity contribution in [2.24, 2.45) is 0 Å².